The fourth-order valence-electron chi connectivity index (χ4n) is 2.31. The van der Waals surface area contributed by atoms with Crippen LogP contribution in [0.2, 0.25) is 0 Å². The van der Waals surface area contributed by atoms with Gasteiger partial charge >= 0.3 is 0 Å². The van der Waals surface area contributed by atoms with E-state index in [1.807, 2.05) is 6.07 Å². The average molecular weight is 276 g/mol. The molecule has 20 heavy (non-hydrogen) atoms. The third-order valence-corrected chi connectivity index (χ3v) is 3.60. The SMILES string of the molecule is CN(CCN1CCCC1=O)C(=O)C(O)c1ccccc1. The number of benzene rings is 1. The Morgan fingerprint density at radius 3 is 2.70 bits per heavy atom. The van der Waals surface area contributed by atoms with Gasteiger partial charge in [0.15, 0.2) is 6.10 Å². The van der Waals surface area contributed by atoms with Crippen LogP contribution in [0.25, 0.3) is 0 Å². The minimum absolute atomic E-state index is 0.148. The molecule has 1 N–H and O–H groups in total. The molecule has 1 aliphatic heterocycles. The Kier molecular flexibility index (Phi) is 4.74. The number of likely N-dealkylation sites (N-methyl/N-ethyl adjacent to an activating group) is 1. The maximum absolute atomic E-state index is 12.1. The Bertz CT molecular complexity index is 475. The molecule has 1 atom stereocenters. The summed E-state index contributed by atoms with van der Waals surface area (Å²) in [6.45, 7) is 1.74. The molecule has 0 saturated carbocycles. The molecule has 1 aromatic carbocycles. The first-order chi connectivity index (χ1) is 9.59. The molecule has 2 amide bonds. The van der Waals surface area contributed by atoms with E-state index >= 15 is 0 Å². The average Bonchev–Trinajstić information content (AvgIpc) is 2.89. The van der Waals surface area contributed by atoms with Gasteiger partial charge in [-0.05, 0) is 12.0 Å². The van der Waals surface area contributed by atoms with Gasteiger partial charge in [0, 0.05) is 33.1 Å². The normalized spacial score (nSPS) is 16.3. The van der Waals surface area contributed by atoms with Crippen molar-refractivity contribution in [2.75, 3.05) is 26.7 Å². The standard InChI is InChI=1S/C15H20N2O3/c1-16(10-11-17-9-5-8-13(17)18)15(20)14(19)12-6-3-2-4-7-12/h2-4,6-7,14,19H,5,8-11H2,1H3. The molecule has 1 heterocycles. The second-order valence-corrected chi connectivity index (χ2v) is 5.06. The highest BCUT2D eigenvalue weighted by molar-refractivity contribution is 5.82. The van der Waals surface area contributed by atoms with E-state index in [0.717, 1.165) is 13.0 Å². The number of likely N-dealkylation sites (tertiary alicyclic amines) is 1. The lowest BCUT2D eigenvalue weighted by Gasteiger charge is -2.24. The predicted octanol–water partition coefficient (Wildman–Crippen LogP) is 0.801. The topological polar surface area (TPSA) is 60.9 Å². The van der Waals surface area contributed by atoms with Crippen molar-refractivity contribution in [3.05, 3.63) is 35.9 Å². The molecule has 1 fully saturated rings. The second kappa shape index (κ2) is 6.52. The van der Waals surface area contributed by atoms with E-state index in [1.165, 1.54) is 4.90 Å². The van der Waals surface area contributed by atoms with E-state index in [1.54, 1.807) is 36.2 Å². The van der Waals surface area contributed by atoms with E-state index in [4.69, 9.17) is 0 Å². The highest BCUT2D eigenvalue weighted by atomic mass is 16.3. The number of amides is 2. The fourth-order valence-corrected chi connectivity index (χ4v) is 2.31. The van der Waals surface area contributed by atoms with Gasteiger partial charge in [-0.2, -0.15) is 0 Å². The van der Waals surface area contributed by atoms with Crippen molar-refractivity contribution >= 4 is 11.8 Å². The quantitative estimate of drug-likeness (QED) is 0.865. The number of rotatable bonds is 5. The third-order valence-electron chi connectivity index (χ3n) is 3.60. The molecule has 1 saturated heterocycles. The van der Waals surface area contributed by atoms with Gasteiger partial charge in [0.05, 0.1) is 0 Å². The molecular weight excluding hydrogens is 256 g/mol. The van der Waals surface area contributed by atoms with Gasteiger partial charge in [0.1, 0.15) is 0 Å². The predicted molar refractivity (Wildman–Crippen MR) is 74.9 cm³/mol. The molecule has 2 rings (SSSR count). The summed E-state index contributed by atoms with van der Waals surface area (Å²) in [5, 5.41) is 10.0. The lowest BCUT2D eigenvalue weighted by molar-refractivity contribution is -0.140. The van der Waals surface area contributed by atoms with Crippen molar-refractivity contribution in [1.29, 1.82) is 0 Å². The zero-order valence-electron chi connectivity index (χ0n) is 11.7. The molecule has 5 nitrogen and oxygen atoms in total. The molecule has 1 unspecified atom stereocenters. The van der Waals surface area contributed by atoms with Gasteiger partial charge in [0.2, 0.25) is 5.91 Å². The number of hydrogen-bond donors (Lipinski definition) is 1. The second-order valence-electron chi connectivity index (χ2n) is 5.06. The first-order valence-corrected chi connectivity index (χ1v) is 6.85. The number of aliphatic hydroxyl groups excluding tert-OH is 1. The van der Waals surface area contributed by atoms with Crippen LogP contribution in [0.3, 0.4) is 0 Å². The molecule has 5 heteroatoms. The van der Waals surface area contributed by atoms with Gasteiger partial charge in [-0.3, -0.25) is 9.59 Å². The Balaban J connectivity index is 1.87. The minimum Gasteiger partial charge on any atom is -0.378 e. The summed E-state index contributed by atoms with van der Waals surface area (Å²) in [5.74, 6) is -0.197. The number of carbonyl (C=O) groups excluding carboxylic acids is 2. The van der Waals surface area contributed by atoms with Gasteiger partial charge in [-0.25, -0.2) is 0 Å². The maximum atomic E-state index is 12.1. The lowest BCUT2D eigenvalue weighted by atomic mass is 10.1. The summed E-state index contributed by atoms with van der Waals surface area (Å²) < 4.78 is 0. The van der Waals surface area contributed by atoms with Crippen LogP contribution in [0.1, 0.15) is 24.5 Å². The van der Waals surface area contributed by atoms with E-state index in [-0.39, 0.29) is 11.8 Å². The Hall–Kier alpha value is -1.88. The van der Waals surface area contributed by atoms with Crippen molar-refractivity contribution in [1.82, 2.24) is 9.80 Å². The van der Waals surface area contributed by atoms with E-state index in [2.05, 4.69) is 0 Å². The molecule has 108 valence electrons. The molecule has 1 aromatic rings. The third kappa shape index (κ3) is 3.36. The summed E-state index contributed by atoms with van der Waals surface area (Å²) in [6, 6.07) is 8.85. The van der Waals surface area contributed by atoms with E-state index in [9.17, 15) is 14.7 Å². The van der Waals surface area contributed by atoms with Crippen molar-refractivity contribution in [3.8, 4) is 0 Å². The van der Waals surface area contributed by atoms with Crippen LogP contribution in [0.15, 0.2) is 30.3 Å². The number of nitrogens with zero attached hydrogens (tertiary/aromatic N) is 2. The van der Waals surface area contributed by atoms with Crippen LogP contribution < -0.4 is 0 Å². The van der Waals surface area contributed by atoms with E-state index in [0.29, 0.717) is 25.1 Å². The Labute approximate surface area is 118 Å². The van der Waals surface area contributed by atoms with Crippen LogP contribution in [0, 0.1) is 0 Å². The van der Waals surface area contributed by atoms with Gasteiger partial charge in [-0.15, -0.1) is 0 Å². The largest absolute Gasteiger partial charge is 0.378 e. The molecule has 0 aliphatic carbocycles. The van der Waals surface area contributed by atoms with E-state index < -0.39 is 6.10 Å². The highest BCUT2D eigenvalue weighted by Gasteiger charge is 2.24. The molecule has 1 aliphatic rings. The Morgan fingerprint density at radius 2 is 2.10 bits per heavy atom. The van der Waals surface area contributed by atoms with Crippen LogP contribution in [0.5, 0.6) is 0 Å². The van der Waals surface area contributed by atoms with Gasteiger partial charge < -0.3 is 14.9 Å². The molecule has 0 bridgehead atoms. The Morgan fingerprint density at radius 1 is 1.40 bits per heavy atom. The first-order valence-electron chi connectivity index (χ1n) is 6.85. The zero-order chi connectivity index (χ0) is 14.5. The number of aliphatic hydroxyl groups is 1. The van der Waals surface area contributed by atoms with Crippen LogP contribution in [0.4, 0.5) is 0 Å². The first kappa shape index (κ1) is 14.5. The zero-order valence-corrected chi connectivity index (χ0v) is 11.7. The molecular formula is C15H20N2O3. The fraction of sp³-hybridized carbons (Fsp3) is 0.467. The minimum atomic E-state index is -1.14. The monoisotopic (exact) mass is 276 g/mol. The summed E-state index contributed by atoms with van der Waals surface area (Å²) >= 11 is 0. The highest BCUT2D eigenvalue weighted by Crippen LogP contribution is 2.15. The summed E-state index contributed by atoms with van der Waals surface area (Å²) in [6.07, 6.45) is 0.350. The maximum Gasteiger partial charge on any atom is 0.255 e. The van der Waals surface area contributed by atoms with Crippen molar-refractivity contribution in [2.45, 2.75) is 18.9 Å². The van der Waals surface area contributed by atoms with Crippen LogP contribution in [-0.4, -0.2) is 53.4 Å². The van der Waals surface area contributed by atoms with Crippen LogP contribution >= 0.6 is 0 Å². The van der Waals surface area contributed by atoms with Crippen molar-refractivity contribution in [2.24, 2.45) is 0 Å². The summed E-state index contributed by atoms with van der Waals surface area (Å²) in [4.78, 5) is 26.8. The van der Waals surface area contributed by atoms with Gasteiger partial charge in [0.25, 0.3) is 5.91 Å². The smallest absolute Gasteiger partial charge is 0.255 e. The summed E-state index contributed by atoms with van der Waals surface area (Å²) in [7, 11) is 1.65. The molecule has 0 spiro atoms. The summed E-state index contributed by atoms with van der Waals surface area (Å²) in [5.41, 5.74) is 0.585. The lowest BCUT2D eigenvalue weighted by Crippen LogP contribution is -2.39. The van der Waals surface area contributed by atoms with Gasteiger partial charge in [-0.1, -0.05) is 30.3 Å². The number of hydrogen-bond acceptors (Lipinski definition) is 3. The van der Waals surface area contributed by atoms with Crippen molar-refractivity contribution < 1.29 is 14.7 Å². The van der Waals surface area contributed by atoms with Crippen molar-refractivity contribution in [3.63, 3.8) is 0 Å². The van der Waals surface area contributed by atoms with Crippen LogP contribution in [-0.2, 0) is 9.59 Å². The number of carbonyl (C=O) groups is 2. The molecule has 0 radical (unpaired) electrons. The molecule has 0 aromatic heterocycles.